The van der Waals surface area contributed by atoms with Crippen molar-refractivity contribution < 1.29 is 23.8 Å². The van der Waals surface area contributed by atoms with Crippen molar-refractivity contribution >= 4 is 11.9 Å². The minimum Gasteiger partial charge on any atom is -0.469 e. The fourth-order valence-electron chi connectivity index (χ4n) is 1.32. The normalized spacial score (nSPS) is 11.9. The maximum absolute atomic E-state index is 11.7. The summed E-state index contributed by atoms with van der Waals surface area (Å²) in [4.78, 5) is 22.6. The predicted octanol–water partition coefficient (Wildman–Crippen LogP) is 0.106. The number of carbonyl (C=O) groups excluding carboxylic acids is 2. The fourth-order valence-corrected chi connectivity index (χ4v) is 1.32. The minimum atomic E-state index is -1.36. The lowest BCUT2D eigenvalue weighted by molar-refractivity contribution is -0.149. The molecule has 0 saturated carbocycles. The molecule has 0 aliphatic carbocycles. The summed E-state index contributed by atoms with van der Waals surface area (Å²) < 4.78 is 9.42. The van der Waals surface area contributed by atoms with Crippen LogP contribution in [0.15, 0.2) is 16.7 Å². The highest BCUT2D eigenvalue weighted by Gasteiger charge is 2.18. The minimum absolute atomic E-state index is 0.195. The molecular weight excluding hydrogens is 226 g/mol. The van der Waals surface area contributed by atoms with E-state index in [2.05, 4.69) is 10.1 Å². The van der Waals surface area contributed by atoms with Gasteiger partial charge in [0.1, 0.15) is 5.76 Å². The van der Waals surface area contributed by atoms with Crippen LogP contribution in [0, 0.1) is 0 Å². The maximum Gasteiger partial charge on any atom is 0.336 e. The molecule has 0 saturated heterocycles. The fraction of sp³-hybridized carbons (Fsp3) is 0.455. The van der Waals surface area contributed by atoms with Gasteiger partial charge in [0.15, 0.2) is 6.10 Å². The number of aryl methyl sites for hydroxylation is 1. The van der Waals surface area contributed by atoms with Crippen LogP contribution in [0.4, 0.5) is 0 Å². The van der Waals surface area contributed by atoms with E-state index in [4.69, 9.17) is 4.42 Å². The Kier molecular flexibility index (Phi) is 4.71. The number of aliphatic hydroxyl groups excluding tert-OH is 1. The Balaban J connectivity index is 2.53. The number of nitrogens with one attached hydrogen (secondary N) is 1. The third-order valence-corrected chi connectivity index (χ3v) is 2.24. The quantitative estimate of drug-likeness (QED) is 0.714. The Labute approximate surface area is 98.6 Å². The van der Waals surface area contributed by atoms with Gasteiger partial charge in [-0.15, -0.1) is 0 Å². The summed E-state index contributed by atoms with van der Waals surface area (Å²) in [7, 11) is 1.17. The second-order valence-electron chi connectivity index (χ2n) is 3.36. The molecule has 1 heterocycles. The molecule has 0 aromatic carbocycles. The Morgan fingerprint density at radius 1 is 1.59 bits per heavy atom. The molecule has 0 radical (unpaired) electrons. The van der Waals surface area contributed by atoms with Gasteiger partial charge in [0.05, 0.1) is 25.5 Å². The number of aliphatic hydroxyl groups is 1. The Morgan fingerprint density at radius 3 is 2.88 bits per heavy atom. The van der Waals surface area contributed by atoms with Gasteiger partial charge in [-0.2, -0.15) is 0 Å². The molecular formula is C11H15NO5. The summed E-state index contributed by atoms with van der Waals surface area (Å²) in [5.74, 6) is -0.609. The highest BCUT2D eigenvalue weighted by atomic mass is 16.5. The topological polar surface area (TPSA) is 88.8 Å². The number of carbonyl (C=O) groups is 2. The van der Waals surface area contributed by atoms with Crippen molar-refractivity contribution in [3.05, 3.63) is 23.7 Å². The number of esters is 1. The van der Waals surface area contributed by atoms with Crippen molar-refractivity contribution in [3.8, 4) is 0 Å². The number of methoxy groups -OCH3 is 1. The molecule has 0 aliphatic heterocycles. The zero-order valence-corrected chi connectivity index (χ0v) is 9.73. The van der Waals surface area contributed by atoms with E-state index in [1.54, 1.807) is 6.07 Å². The van der Waals surface area contributed by atoms with Gasteiger partial charge in [-0.25, -0.2) is 4.79 Å². The lowest BCUT2D eigenvalue weighted by Crippen LogP contribution is -2.37. The molecule has 0 spiro atoms. The molecule has 1 atom stereocenters. The molecule has 1 unspecified atom stereocenters. The lowest BCUT2D eigenvalue weighted by atomic mass is 10.2. The molecule has 17 heavy (non-hydrogen) atoms. The molecule has 1 rings (SSSR count). The van der Waals surface area contributed by atoms with Crippen LogP contribution in [0.25, 0.3) is 0 Å². The molecule has 1 aromatic heterocycles. The van der Waals surface area contributed by atoms with E-state index in [0.717, 1.165) is 0 Å². The highest BCUT2D eigenvalue weighted by Crippen LogP contribution is 2.10. The van der Waals surface area contributed by atoms with E-state index >= 15 is 0 Å². The SMILES string of the molecule is CCc1occc1C(=O)NCC(O)C(=O)OC. The van der Waals surface area contributed by atoms with Gasteiger partial charge in [-0.1, -0.05) is 6.92 Å². The van der Waals surface area contributed by atoms with Crippen LogP contribution in [0.5, 0.6) is 0 Å². The van der Waals surface area contributed by atoms with Crippen molar-refractivity contribution in [2.45, 2.75) is 19.4 Å². The van der Waals surface area contributed by atoms with Gasteiger partial charge in [-0.3, -0.25) is 4.79 Å². The number of amides is 1. The number of ether oxygens (including phenoxy) is 1. The first kappa shape index (κ1) is 13.2. The Hall–Kier alpha value is -1.82. The van der Waals surface area contributed by atoms with Crippen molar-refractivity contribution in [1.29, 1.82) is 0 Å². The van der Waals surface area contributed by atoms with E-state index in [9.17, 15) is 14.7 Å². The summed E-state index contributed by atoms with van der Waals surface area (Å²) in [5, 5.41) is 11.7. The largest absolute Gasteiger partial charge is 0.469 e. The van der Waals surface area contributed by atoms with Gasteiger partial charge in [0.2, 0.25) is 0 Å². The molecule has 6 heteroatoms. The third kappa shape index (κ3) is 3.32. The van der Waals surface area contributed by atoms with Crippen LogP contribution in [-0.2, 0) is 16.0 Å². The van der Waals surface area contributed by atoms with E-state index in [1.165, 1.54) is 13.4 Å². The van der Waals surface area contributed by atoms with Gasteiger partial charge in [-0.05, 0) is 6.07 Å². The first-order chi connectivity index (χ1) is 8.10. The molecule has 1 aromatic rings. The van der Waals surface area contributed by atoms with Gasteiger partial charge >= 0.3 is 5.97 Å². The van der Waals surface area contributed by atoms with Crippen LogP contribution in [0.3, 0.4) is 0 Å². The zero-order valence-electron chi connectivity index (χ0n) is 9.73. The average Bonchev–Trinajstić information content (AvgIpc) is 2.82. The van der Waals surface area contributed by atoms with Crippen molar-refractivity contribution in [2.24, 2.45) is 0 Å². The number of furan rings is 1. The second-order valence-corrected chi connectivity index (χ2v) is 3.36. The van der Waals surface area contributed by atoms with Crippen LogP contribution in [-0.4, -0.2) is 36.7 Å². The Morgan fingerprint density at radius 2 is 2.29 bits per heavy atom. The summed E-state index contributed by atoms with van der Waals surface area (Å²) in [6.07, 6.45) is 0.653. The molecule has 2 N–H and O–H groups in total. The lowest BCUT2D eigenvalue weighted by Gasteiger charge is -2.09. The standard InChI is InChI=1S/C11H15NO5/c1-3-9-7(4-5-17-9)10(14)12-6-8(13)11(15)16-2/h4-5,8,13H,3,6H2,1-2H3,(H,12,14). The van der Waals surface area contributed by atoms with Crippen molar-refractivity contribution in [2.75, 3.05) is 13.7 Å². The number of rotatable bonds is 5. The van der Waals surface area contributed by atoms with Crippen LogP contribution in [0.1, 0.15) is 23.0 Å². The van der Waals surface area contributed by atoms with Crippen LogP contribution >= 0.6 is 0 Å². The molecule has 0 aliphatic rings. The Bertz CT molecular complexity index is 398. The first-order valence-electron chi connectivity index (χ1n) is 5.20. The molecule has 0 bridgehead atoms. The molecule has 0 fully saturated rings. The maximum atomic E-state index is 11.7. The van der Waals surface area contributed by atoms with Crippen LogP contribution < -0.4 is 5.32 Å². The molecule has 1 amide bonds. The van der Waals surface area contributed by atoms with Gasteiger partial charge in [0.25, 0.3) is 5.91 Å². The summed E-state index contributed by atoms with van der Waals surface area (Å²) >= 11 is 0. The van der Waals surface area contributed by atoms with Gasteiger partial charge in [0, 0.05) is 6.42 Å². The predicted molar refractivity (Wildman–Crippen MR) is 58.4 cm³/mol. The van der Waals surface area contributed by atoms with Crippen LogP contribution in [0.2, 0.25) is 0 Å². The highest BCUT2D eigenvalue weighted by molar-refractivity contribution is 5.95. The van der Waals surface area contributed by atoms with E-state index in [-0.39, 0.29) is 6.54 Å². The summed E-state index contributed by atoms with van der Waals surface area (Å²) in [6, 6.07) is 1.54. The van der Waals surface area contributed by atoms with Gasteiger partial charge < -0.3 is 19.6 Å². The number of hydrogen-bond acceptors (Lipinski definition) is 5. The number of hydrogen-bond donors (Lipinski definition) is 2. The smallest absolute Gasteiger partial charge is 0.336 e. The van der Waals surface area contributed by atoms with E-state index < -0.39 is 18.0 Å². The summed E-state index contributed by atoms with van der Waals surface area (Å²) in [6.45, 7) is 1.67. The zero-order chi connectivity index (χ0) is 12.8. The molecule has 94 valence electrons. The van der Waals surface area contributed by atoms with E-state index in [0.29, 0.717) is 17.7 Å². The summed E-state index contributed by atoms with van der Waals surface area (Å²) in [5.41, 5.74) is 0.407. The average molecular weight is 241 g/mol. The monoisotopic (exact) mass is 241 g/mol. The third-order valence-electron chi connectivity index (χ3n) is 2.24. The molecule has 6 nitrogen and oxygen atoms in total. The second kappa shape index (κ2) is 6.05. The van der Waals surface area contributed by atoms with Crippen molar-refractivity contribution in [3.63, 3.8) is 0 Å². The van der Waals surface area contributed by atoms with Crippen molar-refractivity contribution in [1.82, 2.24) is 5.32 Å². The van der Waals surface area contributed by atoms with E-state index in [1.807, 2.05) is 6.92 Å². The first-order valence-corrected chi connectivity index (χ1v) is 5.20.